The van der Waals surface area contributed by atoms with Crippen LogP contribution in [0.2, 0.25) is 0 Å². The quantitative estimate of drug-likeness (QED) is 0.882. The Kier molecular flexibility index (Phi) is 5.40. The molecule has 0 spiro atoms. The number of hydrogen-bond donors (Lipinski definition) is 1. The van der Waals surface area contributed by atoms with E-state index in [4.69, 9.17) is 0 Å². The van der Waals surface area contributed by atoms with Crippen molar-refractivity contribution in [1.82, 2.24) is 0 Å². The largest absolute Gasteiger partial charge is 0.326 e. The molecule has 1 heterocycles. The molecule has 1 N–H and O–H groups in total. The maximum Gasteiger partial charge on any atom is 0.229 e. The van der Waals surface area contributed by atoms with Gasteiger partial charge in [0.1, 0.15) is 0 Å². The molecule has 1 aliphatic rings. The zero-order valence-corrected chi connectivity index (χ0v) is 15.7. The second-order valence-corrected chi connectivity index (χ2v) is 6.89. The van der Waals surface area contributed by atoms with Crippen molar-refractivity contribution in [2.24, 2.45) is 5.92 Å². The first-order valence-electron chi connectivity index (χ1n) is 9.32. The molecular formula is C22H26N2O2. The number of nitrogens with one attached hydrogen (secondary N) is 1. The minimum absolute atomic E-state index is 0.0321. The van der Waals surface area contributed by atoms with Crippen molar-refractivity contribution < 1.29 is 9.59 Å². The van der Waals surface area contributed by atoms with Gasteiger partial charge in [-0.3, -0.25) is 9.59 Å². The molecular weight excluding hydrogens is 324 g/mol. The number of para-hydroxylation sites is 1. The van der Waals surface area contributed by atoms with Crippen LogP contribution in [-0.2, 0) is 22.4 Å². The van der Waals surface area contributed by atoms with E-state index in [0.29, 0.717) is 6.54 Å². The van der Waals surface area contributed by atoms with E-state index in [0.717, 1.165) is 40.9 Å². The smallest absolute Gasteiger partial charge is 0.229 e. The van der Waals surface area contributed by atoms with Crippen LogP contribution < -0.4 is 10.2 Å². The van der Waals surface area contributed by atoms with Crippen molar-refractivity contribution in [3.63, 3.8) is 0 Å². The van der Waals surface area contributed by atoms with Crippen LogP contribution in [-0.4, -0.2) is 18.4 Å². The SMILES string of the molecule is CCc1cccc(CC)c1N1C[C@H](C(=O)Nc2ccc(C)cc2)CC1=O. The van der Waals surface area contributed by atoms with Gasteiger partial charge in [-0.25, -0.2) is 0 Å². The third kappa shape index (κ3) is 3.64. The van der Waals surface area contributed by atoms with Gasteiger partial charge in [0.25, 0.3) is 0 Å². The highest BCUT2D eigenvalue weighted by atomic mass is 16.2. The van der Waals surface area contributed by atoms with Crippen LogP contribution in [0.3, 0.4) is 0 Å². The van der Waals surface area contributed by atoms with Crippen LogP contribution in [0, 0.1) is 12.8 Å². The summed E-state index contributed by atoms with van der Waals surface area (Å²) in [5.41, 5.74) is 5.26. The van der Waals surface area contributed by atoms with Crippen molar-refractivity contribution in [2.45, 2.75) is 40.0 Å². The Morgan fingerprint density at radius 1 is 1.08 bits per heavy atom. The monoisotopic (exact) mass is 350 g/mol. The van der Waals surface area contributed by atoms with Crippen LogP contribution in [0.4, 0.5) is 11.4 Å². The summed E-state index contributed by atoms with van der Waals surface area (Å²) in [6.45, 7) is 6.65. The molecule has 2 aromatic rings. The van der Waals surface area contributed by atoms with Gasteiger partial charge in [0.15, 0.2) is 0 Å². The third-order valence-electron chi connectivity index (χ3n) is 5.05. The summed E-state index contributed by atoms with van der Waals surface area (Å²) in [7, 11) is 0. The number of benzene rings is 2. The van der Waals surface area contributed by atoms with Crippen LogP contribution in [0.1, 0.15) is 37.0 Å². The lowest BCUT2D eigenvalue weighted by Gasteiger charge is -2.23. The highest BCUT2D eigenvalue weighted by molar-refractivity contribution is 6.04. The molecule has 1 fully saturated rings. The highest BCUT2D eigenvalue weighted by Gasteiger charge is 2.36. The van der Waals surface area contributed by atoms with Crippen LogP contribution in [0.5, 0.6) is 0 Å². The van der Waals surface area contributed by atoms with Crippen molar-refractivity contribution in [1.29, 1.82) is 0 Å². The maximum atomic E-state index is 12.7. The number of anilines is 2. The zero-order chi connectivity index (χ0) is 18.7. The van der Waals surface area contributed by atoms with Gasteiger partial charge in [-0.2, -0.15) is 0 Å². The molecule has 26 heavy (non-hydrogen) atoms. The number of aryl methyl sites for hydroxylation is 3. The van der Waals surface area contributed by atoms with Crippen molar-refractivity contribution in [2.75, 3.05) is 16.8 Å². The van der Waals surface area contributed by atoms with Gasteiger partial charge in [-0.15, -0.1) is 0 Å². The number of nitrogens with zero attached hydrogens (tertiary/aromatic N) is 1. The molecule has 1 atom stereocenters. The van der Waals surface area contributed by atoms with E-state index in [2.05, 4.69) is 31.3 Å². The van der Waals surface area contributed by atoms with Crippen molar-refractivity contribution in [3.05, 3.63) is 59.2 Å². The molecule has 2 aromatic carbocycles. The van der Waals surface area contributed by atoms with E-state index in [9.17, 15) is 9.59 Å². The third-order valence-corrected chi connectivity index (χ3v) is 5.05. The van der Waals surface area contributed by atoms with Crippen molar-refractivity contribution >= 4 is 23.2 Å². The first kappa shape index (κ1) is 18.2. The fourth-order valence-electron chi connectivity index (χ4n) is 3.54. The Balaban J connectivity index is 1.79. The predicted octanol–water partition coefficient (Wildman–Crippen LogP) is 4.11. The molecule has 136 valence electrons. The molecule has 0 bridgehead atoms. The lowest BCUT2D eigenvalue weighted by atomic mass is 10.0. The Labute approximate surface area is 155 Å². The van der Waals surface area contributed by atoms with Gasteiger partial charge >= 0.3 is 0 Å². The van der Waals surface area contributed by atoms with E-state index in [-0.39, 0.29) is 24.2 Å². The minimum atomic E-state index is -0.321. The number of carbonyl (C=O) groups is 2. The summed E-state index contributed by atoms with van der Waals surface area (Å²) in [5.74, 6) is -0.375. The number of amides is 2. The Bertz CT molecular complexity index is 789. The molecule has 2 amide bonds. The van der Waals surface area contributed by atoms with Gasteiger partial charge < -0.3 is 10.2 Å². The minimum Gasteiger partial charge on any atom is -0.326 e. The molecule has 0 aliphatic carbocycles. The molecule has 1 aliphatic heterocycles. The van der Waals surface area contributed by atoms with Gasteiger partial charge in [-0.05, 0) is 43.0 Å². The molecule has 0 aromatic heterocycles. The molecule has 0 radical (unpaired) electrons. The van der Waals surface area contributed by atoms with E-state index in [1.54, 1.807) is 0 Å². The molecule has 0 saturated carbocycles. The van der Waals surface area contributed by atoms with Gasteiger partial charge in [0.2, 0.25) is 11.8 Å². The Morgan fingerprint density at radius 2 is 1.69 bits per heavy atom. The number of carbonyl (C=O) groups excluding carboxylic acids is 2. The summed E-state index contributed by atoms with van der Waals surface area (Å²) in [6, 6.07) is 13.9. The highest BCUT2D eigenvalue weighted by Crippen LogP contribution is 2.32. The average Bonchev–Trinajstić information content (AvgIpc) is 3.04. The van der Waals surface area contributed by atoms with Gasteiger partial charge in [-0.1, -0.05) is 49.7 Å². The summed E-state index contributed by atoms with van der Waals surface area (Å²) in [6.07, 6.45) is 2.00. The first-order valence-corrected chi connectivity index (χ1v) is 9.32. The summed E-state index contributed by atoms with van der Waals surface area (Å²) >= 11 is 0. The maximum absolute atomic E-state index is 12.7. The van der Waals surface area contributed by atoms with E-state index in [1.807, 2.05) is 42.2 Å². The van der Waals surface area contributed by atoms with Gasteiger partial charge in [0, 0.05) is 24.3 Å². The van der Waals surface area contributed by atoms with E-state index < -0.39 is 0 Å². The van der Waals surface area contributed by atoms with E-state index in [1.165, 1.54) is 0 Å². The fraction of sp³-hybridized carbons (Fsp3) is 0.364. The second-order valence-electron chi connectivity index (χ2n) is 6.89. The normalized spacial score (nSPS) is 16.8. The standard InChI is InChI=1S/C22H26N2O2/c1-4-16-7-6-8-17(5-2)21(16)24-14-18(13-20(24)25)22(26)23-19-11-9-15(3)10-12-19/h6-12,18H,4-5,13-14H2,1-3H3,(H,23,26)/t18-/m1/s1. The lowest BCUT2D eigenvalue weighted by molar-refractivity contribution is -0.122. The molecule has 4 heteroatoms. The summed E-state index contributed by atoms with van der Waals surface area (Å²) in [4.78, 5) is 27.1. The van der Waals surface area contributed by atoms with Gasteiger partial charge in [0.05, 0.1) is 5.92 Å². The fourth-order valence-corrected chi connectivity index (χ4v) is 3.54. The average molecular weight is 350 g/mol. The molecule has 4 nitrogen and oxygen atoms in total. The van der Waals surface area contributed by atoms with Crippen molar-refractivity contribution in [3.8, 4) is 0 Å². The lowest BCUT2D eigenvalue weighted by Crippen LogP contribution is -2.29. The molecule has 1 saturated heterocycles. The topological polar surface area (TPSA) is 49.4 Å². The molecule has 0 unspecified atom stereocenters. The second kappa shape index (κ2) is 7.73. The summed E-state index contributed by atoms with van der Waals surface area (Å²) in [5, 5.41) is 2.94. The molecule has 3 rings (SSSR count). The Hall–Kier alpha value is -2.62. The summed E-state index contributed by atoms with van der Waals surface area (Å²) < 4.78 is 0. The Morgan fingerprint density at radius 3 is 2.27 bits per heavy atom. The van der Waals surface area contributed by atoms with Crippen LogP contribution in [0.25, 0.3) is 0 Å². The van der Waals surface area contributed by atoms with E-state index >= 15 is 0 Å². The number of rotatable bonds is 5. The number of hydrogen-bond acceptors (Lipinski definition) is 2. The van der Waals surface area contributed by atoms with Crippen LogP contribution >= 0.6 is 0 Å². The first-order chi connectivity index (χ1) is 12.5. The van der Waals surface area contributed by atoms with Crippen LogP contribution in [0.15, 0.2) is 42.5 Å². The predicted molar refractivity (Wildman–Crippen MR) is 105 cm³/mol. The zero-order valence-electron chi connectivity index (χ0n) is 15.7.